The SMILES string of the molecule is COc1ccc(CC(C)=O)c(F)c1S(C)(=O)=O. The Balaban J connectivity index is 3.49. The normalized spacial score (nSPS) is 11.3. The lowest BCUT2D eigenvalue weighted by Gasteiger charge is -2.10. The van der Waals surface area contributed by atoms with E-state index in [2.05, 4.69) is 0 Å². The molecule has 1 aromatic rings. The van der Waals surface area contributed by atoms with Crippen molar-refractivity contribution < 1.29 is 22.3 Å². The molecule has 1 aromatic carbocycles. The van der Waals surface area contributed by atoms with Gasteiger partial charge in [0.15, 0.2) is 9.84 Å². The lowest BCUT2D eigenvalue weighted by Crippen LogP contribution is -2.08. The van der Waals surface area contributed by atoms with Gasteiger partial charge in [-0.1, -0.05) is 6.07 Å². The minimum Gasteiger partial charge on any atom is -0.495 e. The van der Waals surface area contributed by atoms with Crippen molar-refractivity contribution >= 4 is 15.6 Å². The van der Waals surface area contributed by atoms with E-state index in [9.17, 15) is 17.6 Å². The Morgan fingerprint density at radius 2 is 2.00 bits per heavy atom. The van der Waals surface area contributed by atoms with E-state index in [0.29, 0.717) is 0 Å². The number of ketones is 1. The molecule has 0 amide bonds. The number of benzene rings is 1. The zero-order valence-corrected chi connectivity index (χ0v) is 10.6. The van der Waals surface area contributed by atoms with Crippen LogP contribution in [0.15, 0.2) is 17.0 Å². The summed E-state index contributed by atoms with van der Waals surface area (Å²) < 4.78 is 41.7. The van der Waals surface area contributed by atoms with Crippen LogP contribution in [0.4, 0.5) is 4.39 Å². The number of ether oxygens (including phenoxy) is 1. The lowest BCUT2D eigenvalue weighted by atomic mass is 10.1. The number of halogens is 1. The van der Waals surface area contributed by atoms with Gasteiger partial charge in [0.05, 0.1) is 7.11 Å². The summed E-state index contributed by atoms with van der Waals surface area (Å²) >= 11 is 0. The van der Waals surface area contributed by atoms with E-state index in [1.807, 2.05) is 0 Å². The Bertz CT molecular complexity index is 549. The first-order chi connectivity index (χ1) is 7.77. The van der Waals surface area contributed by atoms with Crippen LogP contribution in [-0.4, -0.2) is 27.6 Å². The Labute approximate surface area is 99.3 Å². The molecule has 0 unspecified atom stereocenters. The molecule has 0 aromatic heterocycles. The minimum atomic E-state index is -3.75. The zero-order chi connectivity index (χ0) is 13.2. The highest BCUT2D eigenvalue weighted by molar-refractivity contribution is 7.90. The van der Waals surface area contributed by atoms with Crippen molar-refractivity contribution in [1.82, 2.24) is 0 Å². The molecule has 1 rings (SSSR count). The van der Waals surface area contributed by atoms with Crippen molar-refractivity contribution in [3.63, 3.8) is 0 Å². The maximum Gasteiger partial charge on any atom is 0.182 e. The predicted molar refractivity (Wildman–Crippen MR) is 60.4 cm³/mol. The van der Waals surface area contributed by atoms with Gasteiger partial charge in [0, 0.05) is 12.7 Å². The number of hydrogen-bond donors (Lipinski definition) is 0. The van der Waals surface area contributed by atoms with Gasteiger partial charge in [-0.3, -0.25) is 4.79 Å². The van der Waals surface area contributed by atoms with Crippen LogP contribution < -0.4 is 4.74 Å². The van der Waals surface area contributed by atoms with Crippen LogP contribution in [0.2, 0.25) is 0 Å². The molecule has 4 nitrogen and oxygen atoms in total. The zero-order valence-electron chi connectivity index (χ0n) is 9.78. The number of carbonyl (C=O) groups excluding carboxylic acids is 1. The highest BCUT2D eigenvalue weighted by Crippen LogP contribution is 2.29. The van der Waals surface area contributed by atoms with E-state index in [0.717, 1.165) is 6.26 Å². The summed E-state index contributed by atoms with van der Waals surface area (Å²) in [7, 11) is -2.49. The van der Waals surface area contributed by atoms with Gasteiger partial charge in [-0.05, 0) is 18.6 Å². The summed E-state index contributed by atoms with van der Waals surface area (Å²) in [6.07, 6.45) is 0.754. The second-order valence-electron chi connectivity index (χ2n) is 3.72. The van der Waals surface area contributed by atoms with E-state index in [1.54, 1.807) is 0 Å². The molecule has 94 valence electrons. The van der Waals surface area contributed by atoms with Gasteiger partial charge >= 0.3 is 0 Å². The molecule has 0 atom stereocenters. The molecule has 0 N–H and O–H groups in total. The Morgan fingerprint density at radius 1 is 1.41 bits per heavy atom. The molecule has 0 aliphatic rings. The third-order valence-electron chi connectivity index (χ3n) is 2.17. The van der Waals surface area contributed by atoms with E-state index in [1.165, 1.54) is 26.2 Å². The maximum absolute atomic E-state index is 14.0. The predicted octanol–water partition coefficient (Wildman–Crippen LogP) is 1.37. The van der Waals surface area contributed by atoms with Crippen molar-refractivity contribution in [2.45, 2.75) is 18.2 Å². The van der Waals surface area contributed by atoms with Crippen molar-refractivity contribution in [3.8, 4) is 5.75 Å². The average molecular weight is 260 g/mol. The highest BCUT2D eigenvalue weighted by atomic mass is 32.2. The van der Waals surface area contributed by atoms with Gasteiger partial charge in [0.2, 0.25) is 0 Å². The molecule has 0 saturated carbocycles. The molecule has 0 fully saturated rings. The van der Waals surface area contributed by atoms with Crippen molar-refractivity contribution in [2.24, 2.45) is 0 Å². The topological polar surface area (TPSA) is 60.4 Å². The smallest absolute Gasteiger partial charge is 0.182 e. The number of carbonyl (C=O) groups is 1. The standard InChI is InChI=1S/C11H13FO4S/c1-7(13)6-8-4-5-9(16-2)11(10(8)12)17(3,14)15/h4-5H,6H2,1-3H3. The fourth-order valence-corrected chi connectivity index (χ4v) is 2.46. The molecule has 0 spiro atoms. The van der Waals surface area contributed by atoms with Crippen molar-refractivity contribution in [2.75, 3.05) is 13.4 Å². The third-order valence-corrected chi connectivity index (χ3v) is 3.29. The molecule has 0 bridgehead atoms. The highest BCUT2D eigenvalue weighted by Gasteiger charge is 2.23. The summed E-state index contributed by atoms with van der Waals surface area (Å²) in [6.45, 7) is 1.31. The van der Waals surface area contributed by atoms with Gasteiger partial charge in [0.1, 0.15) is 22.2 Å². The van der Waals surface area contributed by atoms with Gasteiger partial charge in [0.25, 0.3) is 0 Å². The summed E-state index contributed by atoms with van der Waals surface area (Å²) in [5, 5.41) is 0. The molecule has 0 saturated heterocycles. The van der Waals surface area contributed by atoms with Crippen LogP contribution in [0.5, 0.6) is 5.75 Å². The molecular formula is C11H13FO4S. The van der Waals surface area contributed by atoms with Crippen molar-refractivity contribution in [1.29, 1.82) is 0 Å². The molecular weight excluding hydrogens is 247 g/mol. The number of Topliss-reactive ketones (excluding diaryl/α,β-unsaturated/α-hetero) is 1. The Hall–Kier alpha value is -1.43. The number of hydrogen-bond acceptors (Lipinski definition) is 4. The van der Waals surface area contributed by atoms with E-state index < -0.39 is 20.5 Å². The van der Waals surface area contributed by atoms with Crippen LogP contribution in [-0.2, 0) is 21.1 Å². The molecule has 17 heavy (non-hydrogen) atoms. The largest absolute Gasteiger partial charge is 0.495 e. The molecule has 0 heterocycles. The number of methoxy groups -OCH3 is 1. The Morgan fingerprint density at radius 3 is 2.41 bits per heavy atom. The van der Waals surface area contributed by atoms with Crippen LogP contribution in [0.25, 0.3) is 0 Å². The van der Waals surface area contributed by atoms with Crippen LogP contribution >= 0.6 is 0 Å². The van der Waals surface area contributed by atoms with Gasteiger partial charge in [-0.15, -0.1) is 0 Å². The molecule has 0 aliphatic heterocycles. The number of sulfone groups is 1. The first-order valence-corrected chi connectivity index (χ1v) is 6.71. The fourth-order valence-electron chi connectivity index (χ4n) is 1.49. The first kappa shape index (κ1) is 13.6. The van der Waals surface area contributed by atoms with Gasteiger partial charge < -0.3 is 4.74 Å². The monoisotopic (exact) mass is 260 g/mol. The second-order valence-corrected chi connectivity index (χ2v) is 5.67. The second kappa shape index (κ2) is 4.83. The van der Waals surface area contributed by atoms with Crippen LogP contribution in [0.1, 0.15) is 12.5 Å². The summed E-state index contributed by atoms with van der Waals surface area (Å²) in [6, 6.07) is 2.70. The Kier molecular flexibility index (Phi) is 3.87. The molecule has 6 heteroatoms. The van der Waals surface area contributed by atoms with Crippen molar-refractivity contribution in [3.05, 3.63) is 23.5 Å². The summed E-state index contributed by atoms with van der Waals surface area (Å²) in [5.74, 6) is -1.21. The fraction of sp³-hybridized carbons (Fsp3) is 0.364. The van der Waals surface area contributed by atoms with Gasteiger partial charge in [-0.25, -0.2) is 12.8 Å². The van der Waals surface area contributed by atoms with Crippen LogP contribution in [0.3, 0.4) is 0 Å². The molecule has 0 aliphatic carbocycles. The van der Waals surface area contributed by atoms with E-state index in [-0.39, 0.29) is 23.5 Å². The summed E-state index contributed by atoms with van der Waals surface area (Å²) in [5.41, 5.74) is 0.0544. The van der Waals surface area contributed by atoms with Gasteiger partial charge in [-0.2, -0.15) is 0 Å². The quantitative estimate of drug-likeness (QED) is 0.820. The van der Waals surface area contributed by atoms with E-state index >= 15 is 0 Å². The molecule has 0 radical (unpaired) electrons. The number of rotatable bonds is 4. The first-order valence-electron chi connectivity index (χ1n) is 4.82. The summed E-state index contributed by atoms with van der Waals surface area (Å²) in [4.78, 5) is 10.4. The maximum atomic E-state index is 14.0. The lowest BCUT2D eigenvalue weighted by molar-refractivity contribution is -0.116. The van der Waals surface area contributed by atoms with Crippen LogP contribution in [0, 0.1) is 5.82 Å². The van der Waals surface area contributed by atoms with E-state index in [4.69, 9.17) is 4.74 Å². The average Bonchev–Trinajstić information content (AvgIpc) is 2.18. The third kappa shape index (κ3) is 3.03. The minimum absolute atomic E-state index is 0.0544.